The highest BCUT2D eigenvalue weighted by Gasteiger charge is 2.03. The number of carbonyl (C=O) groups excluding carboxylic acids is 2. The minimum Gasteiger partial charge on any atom is -0.384 e. The first kappa shape index (κ1) is 14.2. The molecule has 0 unspecified atom stereocenters. The molecule has 0 atom stereocenters. The van der Waals surface area contributed by atoms with Gasteiger partial charge in [0.25, 0.3) is 0 Å². The lowest BCUT2D eigenvalue weighted by atomic mass is 10.2. The Hall–Kier alpha value is -1.88. The third-order valence-electron chi connectivity index (χ3n) is 2.40. The molecule has 0 saturated carbocycles. The number of rotatable bonds is 7. The molecular weight excluding hydrogens is 230 g/mol. The van der Waals surface area contributed by atoms with Crippen molar-refractivity contribution in [1.29, 1.82) is 0 Å². The predicted molar refractivity (Wildman–Crippen MR) is 73.2 cm³/mol. The molecule has 0 bridgehead atoms. The summed E-state index contributed by atoms with van der Waals surface area (Å²) in [7, 11) is 1.87. The minimum atomic E-state index is -0.0702. The fraction of sp³-hybridized carbons (Fsp3) is 0.385. The van der Waals surface area contributed by atoms with Crippen molar-refractivity contribution in [2.75, 3.05) is 30.8 Å². The van der Waals surface area contributed by atoms with Crippen molar-refractivity contribution in [2.45, 2.75) is 13.3 Å². The van der Waals surface area contributed by atoms with Crippen LogP contribution in [0.15, 0.2) is 18.2 Å². The molecule has 0 aliphatic carbocycles. The number of hydrogen-bond acceptors (Lipinski definition) is 4. The van der Waals surface area contributed by atoms with E-state index in [1.807, 2.05) is 13.1 Å². The highest BCUT2D eigenvalue weighted by atomic mass is 16.1. The number of hydrogen-bond donors (Lipinski definition) is 3. The van der Waals surface area contributed by atoms with Gasteiger partial charge in [-0.1, -0.05) is 6.92 Å². The van der Waals surface area contributed by atoms with E-state index >= 15 is 0 Å². The lowest BCUT2D eigenvalue weighted by Crippen LogP contribution is -2.18. The summed E-state index contributed by atoms with van der Waals surface area (Å²) in [5.41, 5.74) is 2.00. The Morgan fingerprint density at radius 1 is 1.22 bits per heavy atom. The number of likely N-dealkylation sites (N-methyl/N-ethyl adjacent to an activating group) is 1. The lowest BCUT2D eigenvalue weighted by molar-refractivity contribution is -0.115. The Morgan fingerprint density at radius 2 is 1.94 bits per heavy atom. The van der Waals surface area contributed by atoms with Gasteiger partial charge in [-0.25, -0.2) is 0 Å². The molecule has 0 fully saturated rings. The van der Waals surface area contributed by atoms with Gasteiger partial charge < -0.3 is 16.0 Å². The lowest BCUT2D eigenvalue weighted by Gasteiger charge is -2.10. The van der Waals surface area contributed by atoms with Crippen LogP contribution < -0.4 is 16.0 Å². The Bertz CT molecular complexity index is 419. The van der Waals surface area contributed by atoms with E-state index in [2.05, 4.69) is 16.0 Å². The molecule has 0 radical (unpaired) electrons. The Morgan fingerprint density at radius 3 is 2.56 bits per heavy atom. The second kappa shape index (κ2) is 7.45. The first-order valence-corrected chi connectivity index (χ1v) is 5.98. The summed E-state index contributed by atoms with van der Waals surface area (Å²) in [6, 6.07) is 5.23. The highest BCUT2D eigenvalue weighted by Crippen LogP contribution is 2.18. The van der Waals surface area contributed by atoms with Crippen molar-refractivity contribution in [3.05, 3.63) is 23.8 Å². The number of amides is 1. The number of benzene rings is 1. The van der Waals surface area contributed by atoms with Crippen molar-refractivity contribution in [3.63, 3.8) is 0 Å². The zero-order valence-electron chi connectivity index (χ0n) is 10.7. The van der Waals surface area contributed by atoms with Gasteiger partial charge in [-0.3, -0.25) is 9.59 Å². The fourth-order valence-electron chi connectivity index (χ4n) is 1.48. The monoisotopic (exact) mass is 249 g/mol. The number of aldehydes is 1. The van der Waals surface area contributed by atoms with Gasteiger partial charge >= 0.3 is 0 Å². The maximum absolute atomic E-state index is 11.3. The molecule has 1 aromatic rings. The van der Waals surface area contributed by atoms with Crippen molar-refractivity contribution in [1.82, 2.24) is 5.32 Å². The van der Waals surface area contributed by atoms with Gasteiger partial charge in [-0.15, -0.1) is 0 Å². The topological polar surface area (TPSA) is 70.2 Å². The van der Waals surface area contributed by atoms with E-state index in [1.54, 1.807) is 19.1 Å². The highest BCUT2D eigenvalue weighted by molar-refractivity contribution is 5.92. The molecule has 98 valence electrons. The summed E-state index contributed by atoms with van der Waals surface area (Å²) in [5, 5.41) is 8.94. The van der Waals surface area contributed by atoms with Crippen molar-refractivity contribution < 1.29 is 9.59 Å². The summed E-state index contributed by atoms with van der Waals surface area (Å²) < 4.78 is 0. The van der Waals surface area contributed by atoms with Crippen LogP contribution in [0.2, 0.25) is 0 Å². The Kier molecular flexibility index (Phi) is 5.87. The number of nitrogens with one attached hydrogen (secondary N) is 3. The van der Waals surface area contributed by atoms with Gasteiger partial charge in [-0.05, 0) is 25.2 Å². The van der Waals surface area contributed by atoms with Crippen LogP contribution in [0.1, 0.15) is 23.7 Å². The summed E-state index contributed by atoms with van der Waals surface area (Å²) in [6.45, 7) is 3.35. The molecule has 3 N–H and O–H groups in total. The van der Waals surface area contributed by atoms with Gasteiger partial charge in [0.15, 0.2) is 0 Å². The van der Waals surface area contributed by atoms with Crippen LogP contribution in [-0.2, 0) is 4.79 Å². The Balaban J connectivity index is 2.80. The van der Waals surface area contributed by atoms with Crippen LogP contribution in [0.25, 0.3) is 0 Å². The minimum absolute atomic E-state index is 0.0702. The molecule has 0 aliphatic rings. The molecule has 1 aromatic carbocycles. The molecule has 0 aliphatic heterocycles. The zero-order chi connectivity index (χ0) is 13.4. The van der Waals surface area contributed by atoms with E-state index in [0.29, 0.717) is 17.7 Å². The van der Waals surface area contributed by atoms with Crippen LogP contribution in [0.4, 0.5) is 11.4 Å². The third-order valence-corrected chi connectivity index (χ3v) is 2.40. The second-order valence-corrected chi connectivity index (χ2v) is 3.89. The van der Waals surface area contributed by atoms with Gasteiger partial charge in [-0.2, -0.15) is 0 Å². The maximum Gasteiger partial charge on any atom is 0.224 e. The van der Waals surface area contributed by atoms with Gasteiger partial charge in [0.1, 0.15) is 6.29 Å². The molecule has 0 aromatic heterocycles. The molecule has 0 saturated heterocycles. The largest absolute Gasteiger partial charge is 0.384 e. The van der Waals surface area contributed by atoms with E-state index in [0.717, 1.165) is 25.1 Å². The van der Waals surface area contributed by atoms with E-state index in [4.69, 9.17) is 0 Å². The SMILES string of the molecule is CCC(=O)Nc1cc(C=O)cc(NCCNC)c1. The third kappa shape index (κ3) is 4.55. The normalized spacial score (nSPS) is 9.89. The van der Waals surface area contributed by atoms with Crippen LogP contribution in [0.3, 0.4) is 0 Å². The van der Waals surface area contributed by atoms with Gasteiger partial charge in [0, 0.05) is 36.4 Å². The van der Waals surface area contributed by atoms with Crippen LogP contribution in [0, 0.1) is 0 Å². The second-order valence-electron chi connectivity index (χ2n) is 3.89. The van der Waals surface area contributed by atoms with E-state index in [9.17, 15) is 9.59 Å². The number of anilines is 2. The quantitative estimate of drug-likeness (QED) is 0.505. The van der Waals surface area contributed by atoms with Gasteiger partial charge in [0.2, 0.25) is 5.91 Å². The summed E-state index contributed by atoms with van der Waals surface area (Å²) in [6.07, 6.45) is 1.18. The standard InChI is InChI=1S/C13H19N3O2/c1-3-13(18)16-12-7-10(9-17)6-11(8-12)15-5-4-14-2/h6-9,14-15H,3-5H2,1-2H3,(H,16,18). The molecule has 0 spiro atoms. The summed E-state index contributed by atoms with van der Waals surface area (Å²) in [5.74, 6) is -0.0702. The van der Waals surface area contributed by atoms with Gasteiger partial charge in [0.05, 0.1) is 0 Å². The molecule has 1 amide bonds. The smallest absolute Gasteiger partial charge is 0.224 e. The molecule has 1 rings (SSSR count). The van der Waals surface area contributed by atoms with Crippen molar-refractivity contribution in [2.24, 2.45) is 0 Å². The molecule has 5 nitrogen and oxygen atoms in total. The summed E-state index contributed by atoms with van der Waals surface area (Å²) in [4.78, 5) is 22.2. The molecular formula is C13H19N3O2. The van der Waals surface area contributed by atoms with Crippen LogP contribution >= 0.6 is 0 Å². The fourth-order valence-corrected chi connectivity index (χ4v) is 1.48. The average molecular weight is 249 g/mol. The maximum atomic E-state index is 11.3. The molecule has 18 heavy (non-hydrogen) atoms. The van der Waals surface area contributed by atoms with Crippen LogP contribution in [-0.4, -0.2) is 32.3 Å². The van der Waals surface area contributed by atoms with E-state index < -0.39 is 0 Å². The average Bonchev–Trinajstić information content (AvgIpc) is 2.38. The first-order chi connectivity index (χ1) is 8.69. The van der Waals surface area contributed by atoms with Crippen LogP contribution in [0.5, 0.6) is 0 Å². The number of carbonyl (C=O) groups is 2. The summed E-state index contributed by atoms with van der Waals surface area (Å²) >= 11 is 0. The van der Waals surface area contributed by atoms with E-state index in [1.165, 1.54) is 0 Å². The van der Waals surface area contributed by atoms with E-state index in [-0.39, 0.29) is 5.91 Å². The molecule has 5 heteroatoms. The zero-order valence-corrected chi connectivity index (χ0v) is 10.7. The Labute approximate surface area is 107 Å². The first-order valence-electron chi connectivity index (χ1n) is 5.98. The molecule has 0 heterocycles. The van der Waals surface area contributed by atoms with Crippen molar-refractivity contribution >= 4 is 23.6 Å². The van der Waals surface area contributed by atoms with Crippen molar-refractivity contribution in [3.8, 4) is 0 Å². The predicted octanol–water partition coefficient (Wildman–Crippen LogP) is 1.48.